The molecule has 88 valence electrons. The first-order chi connectivity index (χ1) is 7.41. The molecular formula is C9H9F3N2O2. The molecule has 4 nitrogen and oxygen atoms in total. The fraction of sp³-hybridized carbons (Fsp3) is 0.333. The molecule has 1 atom stereocenters. The molecule has 0 radical (unpaired) electrons. The van der Waals surface area contributed by atoms with Gasteiger partial charge in [-0.25, -0.2) is 8.78 Å². The molecule has 0 aliphatic rings. The van der Waals surface area contributed by atoms with Gasteiger partial charge in [-0.2, -0.15) is 4.39 Å². The highest BCUT2D eigenvalue weighted by molar-refractivity contribution is 5.35. The second-order valence-electron chi connectivity index (χ2n) is 3.25. The highest BCUT2D eigenvalue weighted by Gasteiger charge is 2.18. The van der Waals surface area contributed by atoms with E-state index in [0.29, 0.717) is 0 Å². The number of alkyl halides is 2. The van der Waals surface area contributed by atoms with Crippen LogP contribution in [0.4, 0.5) is 18.9 Å². The summed E-state index contributed by atoms with van der Waals surface area (Å²) in [7, 11) is 0. The zero-order valence-electron chi connectivity index (χ0n) is 8.07. The molecule has 1 unspecified atom stereocenters. The van der Waals surface area contributed by atoms with Crippen LogP contribution in [0.25, 0.3) is 0 Å². The molecule has 1 aromatic carbocycles. The van der Waals surface area contributed by atoms with Crippen molar-refractivity contribution in [2.75, 3.05) is 0 Å². The molecule has 0 heterocycles. The van der Waals surface area contributed by atoms with E-state index in [1.54, 1.807) is 0 Å². The van der Waals surface area contributed by atoms with E-state index in [0.717, 1.165) is 12.1 Å². The molecule has 1 aromatic rings. The van der Waals surface area contributed by atoms with E-state index in [9.17, 15) is 23.3 Å². The van der Waals surface area contributed by atoms with Crippen LogP contribution in [0.5, 0.6) is 0 Å². The minimum Gasteiger partial charge on any atom is -0.323 e. The predicted molar refractivity (Wildman–Crippen MR) is 50.7 cm³/mol. The zero-order chi connectivity index (χ0) is 12.3. The van der Waals surface area contributed by atoms with Crippen molar-refractivity contribution in [3.8, 4) is 0 Å². The molecule has 0 saturated heterocycles. The summed E-state index contributed by atoms with van der Waals surface area (Å²) < 4.78 is 37.3. The maximum atomic E-state index is 13.1. The Balaban J connectivity index is 2.85. The molecule has 2 N–H and O–H groups in total. The number of rotatable bonds is 4. The molecule has 0 fully saturated rings. The Bertz CT molecular complexity index is 398. The van der Waals surface area contributed by atoms with Gasteiger partial charge in [-0.1, -0.05) is 6.07 Å². The number of nitrogens with zero attached hydrogens (tertiary/aromatic N) is 1. The van der Waals surface area contributed by atoms with Gasteiger partial charge in [-0.05, 0) is 18.1 Å². The molecule has 16 heavy (non-hydrogen) atoms. The fourth-order valence-corrected chi connectivity index (χ4v) is 1.19. The van der Waals surface area contributed by atoms with Crippen LogP contribution in [0.3, 0.4) is 0 Å². The largest absolute Gasteiger partial charge is 0.323 e. The molecule has 0 bridgehead atoms. The van der Waals surface area contributed by atoms with Crippen LogP contribution in [-0.4, -0.2) is 17.4 Å². The van der Waals surface area contributed by atoms with E-state index in [-0.39, 0.29) is 12.0 Å². The van der Waals surface area contributed by atoms with Crippen LogP contribution in [0.2, 0.25) is 0 Å². The van der Waals surface area contributed by atoms with E-state index >= 15 is 0 Å². The lowest BCUT2D eigenvalue weighted by atomic mass is 10.1. The lowest BCUT2D eigenvalue weighted by molar-refractivity contribution is -0.387. The first-order valence-corrected chi connectivity index (χ1v) is 4.38. The van der Waals surface area contributed by atoms with Gasteiger partial charge >= 0.3 is 5.69 Å². The van der Waals surface area contributed by atoms with E-state index in [1.165, 1.54) is 6.07 Å². The highest BCUT2D eigenvalue weighted by atomic mass is 19.3. The van der Waals surface area contributed by atoms with Gasteiger partial charge < -0.3 is 5.73 Å². The van der Waals surface area contributed by atoms with Crippen molar-refractivity contribution in [2.45, 2.75) is 18.9 Å². The average Bonchev–Trinajstić information content (AvgIpc) is 2.16. The Morgan fingerprint density at radius 1 is 1.44 bits per heavy atom. The van der Waals surface area contributed by atoms with Crippen molar-refractivity contribution in [3.63, 3.8) is 0 Å². The molecule has 7 heteroatoms. The number of nitrogens with two attached hydrogens (primary N) is 1. The third kappa shape index (κ3) is 2.93. The SMILES string of the molecule is NC(Cc1ccc([N+](=O)[O-])c(F)c1)C(F)F. The summed E-state index contributed by atoms with van der Waals surface area (Å²) >= 11 is 0. The van der Waals surface area contributed by atoms with Gasteiger partial charge in [0.1, 0.15) is 0 Å². The van der Waals surface area contributed by atoms with Crippen LogP contribution < -0.4 is 5.73 Å². The number of halogens is 3. The monoisotopic (exact) mass is 234 g/mol. The molecule has 0 aliphatic heterocycles. The quantitative estimate of drug-likeness (QED) is 0.638. The van der Waals surface area contributed by atoms with Gasteiger partial charge in [0.15, 0.2) is 0 Å². The smallest absolute Gasteiger partial charge is 0.304 e. The van der Waals surface area contributed by atoms with E-state index in [4.69, 9.17) is 5.73 Å². The average molecular weight is 234 g/mol. The lowest BCUT2D eigenvalue weighted by Crippen LogP contribution is -2.30. The van der Waals surface area contributed by atoms with Crippen LogP contribution in [0.15, 0.2) is 18.2 Å². The summed E-state index contributed by atoms with van der Waals surface area (Å²) in [6.45, 7) is 0. The van der Waals surface area contributed by atoms with Crippen molar-refractivity contribution in [3.05, 3.63) is 39.7 Å². The molecule has 0 saturated carbocycles. The summed E-state index contributed by atoms with van der Waals surface area (Å²) in [6.07, 6.45) is -2.94. The maximum Gasteiger partial charge on any atom is 0.304 e. The van der Waals surface area contributed by atoms with Crippen molar-refractivity contribution in [2.24, 2.45) is 5.73 Å². The summed E-state index contributed by atoms with van der Waals surface area (Å²) in [6, 6.07) is 1.59. The molecule has 0 aromatic heterocycles. The van der Waals surface area contributed by atoms with E-state index < -0.39 is 28.9 Å². The Labute approximate surface area is 89.0 Å². The van der Waals surface area contributed by atoms with Gasteiger partial charge in [0, 0.05) is 6.07 Å². The Morgan fingerprint density at radius 2 is 2.06 bits per heavy atom. The first-order valence-electron chi connectivity index (χ1n) is 4.38. The molecule has 0 spiro atoms. The van der Waals surface area contributed by atoms with Gasteiger partial charge in [-0.3, -0.25) is 10.1 Å². The number of benzene rings is 1. The third-order valence-electron chi connectivity index (χ3n) is 2.00. The standard InChI is InChI=1S/C9H9F3N2O2/c10-6-3-5(4-7(13)9(11)12)1-2-8(6)14(15)16/h1-3,7,9H,4,13H2. The summed E-state index contributed by atoms with van der Waals surface area (Å²) in [5.74, 6) is -1.05. The number of hydrogen-bond donors (Lipinski definition) is 1. The predicted octanol–water partition coefficient (Wildman–Crippen LogP) is 1.87. The Morgan fingerprint density at radius 3 is 2.50 bits per heavy atom. The third-order valence-corrected chi connectivity index (χ3v) is 2.00. The normalized spacial score (nSPS) is 12.8. The molecule has 0 aliphatic carbocycles. The molecular weight excluding hydrogens is 225 g/mol. The van der Waals surface area contributed by atoms with Gasteiger partial charge in [-0.15, -0.1) is 0 Å². The second-order valence-corrected chi connectivity index (χ2v) is 3.25. The van der Waals surface area contributed by atoms with Crippen molar-refractivity contribution in [1.82, 2.24) is 0 Å². The number of nitro groups is 1. The first kappa shape index (κ1) is 12.4. The van der Waals surface area contributed by atoms with Crippen molar-refractivity contribution >= 4 is 5.69 Å². The van der Waals surface area contributed by atoms with Crippen LogP contribution in [0.1, 0.15) is 5.56 Å². The highest BCUT2D eigenvalue weighted by Crippen LogP contribution is 2.19. The van der Waals surface area contributed by atoms with Crippen molar-refractivity contribution in [1.29, 1.82) is 0 Å². The molecule has 0 amide bonds. The van der Waals surface area contributed by atoms with Crippen LogP contribution in [-0.2, 0) is 6.42 Å². The van der Waals surface area contributed by atoms with Crippen LogP contribution in [0, 0.1) is 15.9 Å². The van der Waals surface area contributed by atoms with Crippen molar-refractivity contribution < 1.29 is 18.1 Å². The minimum atomic E-state index is -2.71. The van der Waals surface area contributed by atoms with Gasteiger partial charge in [0.2, 0.25) is 5.82 Å². The second kappa shape index (κ2) is 4.93. The fourth-order valence-electron chi connectivity index (χ4n) is 1.19. The maximum absolute atomic E-state index is 13.1. The zero-order valence-corrected chi connectivity index (χ0v) is 8.07. The number of hydrogen-bond acceptors (Lipinski definition) is 3. The minimum absolute atomic E-state index is 0.205. The van der Waals surface area contributed by atoms with E-state index in [1.807, 2.05) is 0 Å². The van der Waals surface area contributed by atoms with Crippen LogP contribution >= 0.6 is 0 Å². The summed E-state index contributed by atoms with van der Waals surface area (Å²) in [4.78, 5) is 9.40. The van der Waals surface area contributed by atoms with E-state index in [2.05, 4.69) is 0 Å². The molecule has 1 rings (SSSR count). The summed E-state index contributed by atoms with van der Waals surface area (Å²) in [5.41, 5.74) is 4.61. The Kier molecular flexibility index (Phi) is 3.83. The van der Waals surface area contributed by atoms with Gasteiger partial charge in [0.25, 0.3) is 6.43 Å². The Hall–Kier alpha value is -1.63. The number of nitro benzene ring substituents is 1. The summed E-state index contributed by atoms with van der Waals surface area (Å²) in [5, 5.41) is 10.3. The lowest BCUT2D eigenvalue weighted by Gasteiger charge is -2.09. The topological polar surface area (TPSA) is 69.2 Å². The van der Waals surface area contributed by atoms with Gasteiger partial charge in [0.05, 0.1) is 11.0 Å².